The number of morpholine rings is 1. The van der Waals surface area contributed by atoms with Crippen molar-refractivity contribution in [2.75, 3.05) is 33.4 Å². The Bertz CT molecular complexity index is 549. The summed E-state index contributed by atoms with van der Waals surface area (Å²) in [6.45, 7) is 4.29. The van der Waals surface area contributed by atoms with Crippen LogP contribution >= 0.6 is 0 Å². The van der Waals surface area contributed by atoms with Crippen LogP contribution in [0.3, 0.4) is 0 Å². The topological polar surface area (TPSA) is 60.0 Å². The fraction of sp³-hybridized carbons (Fsp3) is 0.562. The molecular weight excluding hydrogens is 284 g/mol. The number of carbonyl (C=O) groups is 1. The van der Waals surface area contributed by atoms with Crippen LogP contribution in [0.1, 0.15) is 12.5 Å². The van der Waals surface area contributed by atoms with Gasteiger partial charge in [0.2, 0.25) is 0 Å². The predicted molar refractivity (Wildman–Crippen MR) is 81.5 cm³/mol. The van der Waals surface area contributed by atoms with E-state index in [0.717, 1.165) is 23.5 Å². The molecule has 1 aromatic rings. The lowest BCUT2D eigenvalue weighted by atomic mass is 10.0. The number of para-hydroxylation sites is 1. The molecule has 2 aliphatic rings. The number of hydrogen-bond acceptors (Lipinski definition) is 4. The van der Waals surface area contributed by atoms with Crippen LogP contribution in [-0.4, -0.2) is 56.5 Å². The molecular formula is C16H22N2O4. The second kappa shape index (κ2) is 6.44. The van der Waals surface area contributed by atoms with Gasteiger partial charge in [-0.15, -0.1) is 0 Å². The molecule has 1 aromatic carbocycles. The van der Waals surface area contributed by atoms with Gasteiger partial charge < -0.3 is 24.4 Å². The summed E-state index contributed by atoms with van der Waals surface area (Å²) < 4.78 is 16.5. The zero-order valence-electron chi connectivity index (χ0n) is 13.0. The highest BCUT2D eigenvalue weighted by molar-refractivity contribution is 5.74. The summed E-state index contributed by atoms with van der Waals surface area (Å²) >= 11 is 0. The summed E-state index contributed by atoms with van der Waals surface area (Å²) in [6.07, 6.45) is 0.838. The third-order valence-electron chi connectivity index (χ3n) is 4.03. The minimum atomic E-state index is -0.0462. The molecule has 2 aliphatic heterocycles. The Balaban J connectivity index is 1.61. The Hall–Kier alpha value is -1.95. The first-order chi connectivity index (χ1) is 10.7. The molecule has 0 saturated carbocycles. The SMILES string of the molecule is COc1cccc2c1OCC(NC(=O)N1CCOC(C)C1)C2. The molecule has 2 heterocycles. The fourth-order valence-electron chi connectivity index (χ4n) is 2.92. The second-order valence-electron chi connectivity index (χ2n) is 5.74. The summed E-state index contributed by atoms with van der Waals surface area (Å²) in [6, 6.07) is 5.76. The standard InChI is InChI=1S/C16H22N2O4/c1-11-9-18(6-7-21-11)16(19)17-13-8-12-4-3-5-14(20-2)15(12)22-10-13/h3-5,11,13H,6-10H2,1-2H3,(H,17,19). The second-order valence-corrected chi connectivity index (χ2v) is 5.74. The fourth-order valence-corrected chi connectivity index (χ4v) is 2.92. The van der Waals surface area contributed by atoms with E-state index in [-0.39, 0.29) is 18.2 Å². The minimum Gasteiger partial charge on any atom is -0.493 e. The van der Waals surface area contributed by atoms with Crippen molar-refractivity contribution in [1.82, 2.24) is 10.2 Å². The van der Waals surface area contributed by atoms with Crippen LogP contribution in [0.2, 0.25) is 0 Å². The maximum Gasteiger partial charge on any atom is 0.317 e. The number of methoxy groups -OCH3 is 1. The molecule has 120 valence electrons. The molecule has 0 spiro atoms. The normalized spacial score (nSPS) is 24.2. The van der Waals surface area contributed by atoms with Crippen molar-refractivity contribution in [1.29, 1.82) is 0 Å². The zero-order valence-corrected chi connectivity index (χ0v) is 13.0. The molecule has 6 heteroatoms. The van der Waals surface area contributed by atoms with Crippen LogP contribution < -0.4 is 14.8 Å². The van der Waals surface area contributed by atoms with Crippen molar-refractivity contribution in [2.24, 2.45) is 0 Å². The van der Waals surface area contributed by atoms with E-state index in [1.54, 1.807) is 12.0 Å². The number of urea groups is 1. The van der Waals surface area contributed by atoms with Crippen molar-refractivity contribution in [3.8, 4) is 11.5 Å². The van der Waals surface area contributed by atoms with E-state index in [1.807, 2.05) is 25.1 Å². The van der Waals surface area contributed by atoms with E-state index in [0.29, 0.717) is 26.3 Å². The first kappa shape index (κ1) is 15.0. The Morgan fingerprint density at radius 2 is 2.32 bits per heavy atom. The van der Waals surface area contributed by atoms with Crippen LogP contribution in [0.15, 0.2) is 18.2 Å². The van der Waals surface area contributed by atoms with E-state index in [9.17, 15) is 4.79 Å². The van der Waals surface area contributed by atoms with Gasteiger partial charge in [0.15, 0.2) is 11.5 Å². The Morgan fingerprint density at radius 1 is 1.45 bits per heavy atom. The largest absolute Gasteiger partial charge is 0.493 e. The average Bonchev–Trinajstić information content (AvgIpc) is 2.54. The molecule has 0 bridgehead atoms. The lowest BCUT2D eigenvalue weighted by Crippen LogP contribution is -2.53. The molecule has 1 N–H and O–H groups in total. The molecule has 2 unspecified atom stereocenters. The Labute approximate surface area is 130 Å². The van der Waals surface area contributed by atoms with Crippen molar-refractivity contribution >= 4 is 6.03 Å². The van der Waals surface area contributed by atoms with Crippen molar-refractivity contribution < 1.29 is 19.0 Å². The number of carbonyl (C=O) groups excluding carboxylic acids is 1. The number of hydrogen-bond donors (Lipinski definition) is 1. The van der Waals surface area contributed by atoms with Crippen molar-refractivity contribution in [3.63, 3.8) is 0 Å². The Morgan fingerprint density at radius 3 is 3.09 bits per heavy atom. The summed E-state index contributed by atoms with van der Waals surface area (Å²) in [5.74, 6) is 1.53. The van der Waals surface area contributed by atoms with E-state index >= 15 is 0 Å². The summed E-state index contributed by atoms with van der Waals surface area (Å²) in [5, 5.41) is 3.05. The quantitative estimate of drug-likeness (QED) is 0.898. The molecule has 1 fully saturated rings. The van der Waals surface area contributed by atoms with Crippen LogP contribution in [0.4, 0.5) is 4.79 Å². The van der Waals surface area contributed by atoms with Gasteiger partial charge in [-0.1, -0.05) is 12.1 Å². The smallest absolute Gasteiger partial charge is 0.317 e. The lowest BCUT2D eigenvalue weighted by molar-refractivity contribution is -0.00416. The van der Waals surface area contributed by atoms with Gasteiger partial charge in [0.25, 0.3) is 0 Å². The molecule has 2 atom stereocenters. The van der Waals surface area contributed by atoms with E-state index in [1.165, 1.54) is 0 Å². The van der Waals surface area contributed by atoms with Crippen LogP contribution in [0.25, 0.3) is 0 Å². The number of amides is 2. The maximum absolute atomic E-state index is 12.3. The number of fused-ring (bicyclic) bond motifs is 1. The average molecular weight is 306 g/mol. The van der Waals surface area contributed by atoms with E-state index in [4.69, 9.17) is 14.2 Å². The molecule has 3 rings (SSSR count). The predicted octanol–water partition coefficient (Wildman–Crippen LogP) is 1.43. The number of rotatable bonds is 2. The number of nitrogens with zero attached hydrogens (tertiary/aromatic N) is 1. The molecule has 2 amide bonds. The van der Waals surface area contributed by atoms with Gasteiger partial charge in [0.1, 0.15) is 6.61 Å². The van der Waals surface area contributed by atoms with Crippen LogP contribution in [-0.2, 0) is 11.2 Å². The third kappa shape index (κ3) is 3.11. The minimum absolute atomic E-state index is 0.0229. The third-order valence-corrected chi connectivity index (χ3v) is 4.03. The number of ether oxygens (including phenoxy) is 3. The van der Waals surface area contributed by atoms with Gasteiger partial charge in [-0.05, 0) is 19.4 Å². The highest BCUT2D eigenvalue weighted by atomic mass is 16.5. The highest BCUT2D eigenvalue weighted by Gasteiger charge is 2.27. The molecule has 6 nitrogen and oxygen atoms in total. The summed E-state index contributed by atoms with van der Waals surface area (Å²) in [4.78, 5) is 14.1. The van der Waals surface area contributed by atoms with Gasteiger partial charge in [0, 0.05) is 18.7 Å². The van der Waals surface area contributed by atoms with Crippen LogP contribution in [0, 0.1) is 0 Å². The molecule has 22 heavy (non-hydrogen) atoms. The number of nitrogens with one attached hydrogen (secondary N) is 1. The van der Waals surface area contributed by atoms with Gasteiger partial charge in [-0.3, -0.25) is 0 Å². The molecule has 0 aromatic heterocycles. The molecule has 1 saturated heterocycles. The monoisotopic (exact) mass is 306 g/mol. The van der Waals surface area contributed by atoms with Gasteiger partial charge >= 0.3 is 6.03 Å². The first-order valence-corrected chi connectivity index (χ1v) is 7.63. The first-order valence-electron chi connectivity index (χ1n) is 7.63. The zero-order chi connectivity index (χ0) is 15.5. The van der Waals surface area contributed by atoms with Crippen molar-refractivity contribution in [2.45, 2.75) is 25.5 Å². The molecule has 0 radical (unpaired) electrons. The Kier molecular flexibility index (Phi) is 4.38. The summed E-state index contributed by atoms with van der Waals surface area (Å²) in [7, 11) is 1.63. The van der Waals surface area contributed by atoms with Gasteiger partial charge in [-0.25, -0.2) is 4.79 Å². The van der Waals surface area contributed by atoms with E-state index < -0.39 is 0 Å². The summed E-state index contributed by atoms with van der Waals surface area (Å²) in [5.41, 5.74) is 1.06. The lowest BCUT2D eigenvalue weighted by Gasteiger charge is -2.33. The van der Waals surface area contributed by atoms with Crippen molar-refractivity contribution in [3.05, 3.63) is 23.8 Å². The highest BCUT2D eigenvalue weighted by Crippen LogP contribution is 2.34. The maximum atomic E-state index is 12.3. The van der Waals surface area contributed by atoms with Gasteiger partial charge in [-0.2, -0.15) is 0 Å². The molecule has 0 aliphatic carbocycles. The number of benzene rings is 1. The van der Waals surface area contributed by atoms with E-state index in [2.05, 4.69) is 5.32 Å². The van der Waals surface area contributed by atoms with Crippen LogP contribution in [0.5, 0.6) is 11.5 Å². The van der Waals surface area contributed by atoms with Gasteiger partial charge in [0.05, 0.1) is 25.9 Å².